The van der Waals surface area contributed by atoms with Gasteiger partial charge in [0, 0.05) is 36.6 Å². The van der Waals surface area contributed by atoms with Crippen molar-refractivity contribution in [2.75, 3.05) is 17.3 Å². The molecule has 2 atom stereocenters. The van der Waals surface area contributed by atoms with Crippen LogP contribution < -0.4 is 20.3 Å². The summed E-state index contributed by atoms with van der Waals surface area (Å²) in [6, 6.07) is 11.1. The minimum atomic E-state index is -1.07. The Labute approximate surface area is 229 Å². The van der Waals surface area contributed by atoms with Gasteiger partial charge in [0.2, 0.25) is 11.8 Å². The lowest BCUT2D eigenvalue weighted by Gasteiger charge is -2.31. The average Bonchev–Trinajstić information content (AvgIpc) is 3.18. The lowest BCUT2D eigenvalue weighted by molar-refractivity contribution is -0.136. The molecule has 2 N–H and O–H groups in total. The lowest BCUT2D eigenvalue weighted by atomic mass is 10.00. The van der Waals surface area contributed by atoms with E-state index in [0.29, 0.717) is 22.8 Å². The Bertz CT molecular complexity index is 1650. The highest BCUT2D eigenvalue weighted by atomic mass is 16.5. The maximum Gasteiger partial charge on any atom is 0.267 e. The summed E-state index contributed by atoms with van der Waals surface area (Å²) in [5.41, 5.74) is 4.10. The molecule has 4 heterocycles. The lowest BCUT2D eigenvalue weighted by Crippen LogP contribution is -2.54. The number of ether oxygens (including phenoxy) is 1. The van der Waals surface area contributed by atoms with Crippen LogP contribution >= 0.6 is 0 Å². The van der Waals surface area contributed by atoms with Crippen LogP contribution in [0.5, 0.6) is 5.75 Å². The summed E-state index contributed by atoms with van der Waals surface area (Å²) in [7, 11) is 1.67. The summed E-state index contributed by atoms with van der Waals surface area (Å²) in [5.74, 6) is -2.01. The van der Waals surface area contributed by atoms with Crippen molar-refractivity contribution in [3.8, 4) is 16.9 Å². The third-order valence-corrected chi connectivity index (χ3v) is 7.39. The molecule has 0 saturated carbocycles. The van der Waals surface area contributed by atoms with Crippen molar-refractivity contribution in [2.24, 2.45) is 0 Å². The zero-order chi connectivity index (χ0) is 28.3. The van der Waals surface area contributed by atoms with E-state index in [9.17, 15) is 24.0 Å². The number of hydrogen-bond acceptors (Lipinski definition) is 8. The van der Waals surface area contributed by atoms with Gasteiger partial charge in [0.05, 0.1) is 22.5 Å². The van der Waals surface area contributed by atoms with Crippen molar-refractivity contribution in [3.63, 3.8) is 0 Å². The Morgan fingerprint density at radius 3 is 2.55 bits per heavy atom. The molecule has 3 aromatic rings. The maximum atomic E-state index is 13.6. The predicted octanol–water partition coefficient (Wildman–Crippen LogP) is 2.95. The minimum absolute atomic E-state index is 0.0334. The monoisotopic (exact) mass is 539 g/mol. The van der Waals surface area contributed by atoms with Crippen molar-refractivity contribution < 1.29 is 28.7 Å². The van der Waals surface area contributed by atoms with E-state index in [4.69, 9.17) is 4.74 Å². The first-order valence-electron chi connectivity index (χ1n) is 12.8. The quantitative estimate of drug-likeness (QED) is 0.483. The molecule has 0 bridgehead atoms. The predicted molar refractivity (Wildman–Crippen MR) is 144 cm³/mol. The molecule has 0 unspecified atom stereocenters. The van der Waals surface area contributed by atoms with E-state index < -0.39 is 35.8 Å². The number of likely N-dealkylation sites (N-methyl/N-ethyl adjacent to an activating group) is 1. The van der Waals surface area contributed by atoms with Crippen molar-refractivity contribution in [1.82, 2.24) is 15.2 Å². The van der Waals surface area contributed by atoms with E-state index in [1.165, 1.54) is 11.0 Å². The van der Waals surface area contributed by atoms with Crippen LogP contribution in [0.1, 0.15) is 46.2 Å². The Morgan fingerprint density at radius 2 is 1.80 bits per heavy atom. The summed E-state index contributed by atoms with van der Waals surface area (Å²) in [5, 5.41) is 5.52. The molecule has 2 aromatic carbocycles. The largest absolute Gasteiger partial charge is 0.479 e. The molecule has 11 nitrogen and oxygen atoms in total. The van der Waals surface area contributed by atoms with Crippen LogP contribution in [0.4, 0.5) is 17.1 Å². The second kappa shape index (κ2) is 9.30. The fourth-order valence-electron chi connectivity index (χ4n) is 5.38. The highest BCUT2D eigenvalue weighted by molar-refractivity contribution is 6.25. The zero-order valence-corrected chi connectivity index (χ0v) is 22.0. The number of imide groups is 2. The number of benzene rings is 2. The molecule has 3 aliphatic rings. The zero-order valence-electron chi connectivity index (χ0n) is 22.0. The molecule has 1 saturated heterocycles. The smallest absolute Gasteiger partial charge is 0.267 e. The number of carbonyl (C=O) groups is 5. The van der Waals surface area contributed by atoms with Crippen molar-refractivity contribution in [2.45, 2.75) is 38.8 Å². The van der Waals surface area contributed by atoms with Crippen LogP contribution in [-0.2, 0) is 14.4 Å². The molecule has 1 fully saturated rings. The molecule has 0 spiro atoms. The Kier molecular flexibility index (Phi) is 5.86. The molecule has 0 aliphatic carbocycles. The van der Waals surface area contributed by atoms with E-state index in [2.05, 4.69) is 15.6 Å². The third-order valence-electron chi connectivity index (χ3n) is 7.39. The number of piperidine rings is 1. The van der Waals surface area contributed by atoms with Gasteiger partial charge in [-0.15, -0.1) is 0 Å². The number of carbonyl (C=O) groups excluding carboxylic acids is 5. The second-order valence-electron chi connectivity index (χ2n) is 10.0. The minimum Gasteiger partial charge on any atom is -0.479 e. The van der Waals surface area contributed by atoms with Crippen LogP contribution in [0.2, 0.25) is 0 Å². The Balaban J connectivity index is 1.44. The molecule has 5 amide bonds. The van der Waals surface area contributed by atoms with Gasteiger partial charge in [0.15, 0.2) is 6.10 Å². The summed E-state index contributed by atoms with van der Waals surface area (Å²) in [6.07, 6.45) is 1.13. The van der Waals surface area contributed by atoms with E-state index in [0.717, 1.165) is 21.7 Å². The van der Waals surface area contributed by atoms with Crippen LogP contribution in [0.15, 0.2) is 48.7 Å². The first-order valence-corrected chi connectivity index (χ1v) is 12.8. The summed E-state index contributed by atoms with van der Waals surface area (Å²) >= 11 is 0. The van der Waals surface area contributed by atoms with Gasteiger partial charge >= 0.3 is 0 Å². The van der Waals surface area contributed by atoms with Gasteiger partial charge in [0.1, 0.15) is 11.8 Å². The van der Waals surface area contributed by atoms with Gasteiger partial charge in [-0.25, -0.2) is 0 Å². The van der Waals surface area contributed by atoms with Gasteiger partial charge in [0.25, 0.3) is 17.7 Å². The Hall–Kier alpha value is -5.06. The van der Waals surface area contributed by atoms with Crippen molar-refractivity contribution >= 4 is 46.6 Å². The van der Waals surface area contributed by atoms with Crippen LogP contribution in [0.3, 0.4) is 0 Å². The third kappa shape index (κ3) is 3.98. The highest BCUT2D eigenvalue weighted by Gasteiger charge is 2.45. The molecule has 40 heavy (non-hydrogen) atoms. The van der Waals surface area contributed by atoms with Crippen LogP contribution in [0.25, 0.3) is 11.1 Å². The number of nitrogens with zero attached hydrogens (tertiary/aromatic N) is 3. The standard InChI is InChI=1S/C29H25N5O6/c1-14-11-16(9-10-30-14)18-12-23-22(33(3)27(37)15(2)40-23)13-20(18)31-19-6-4-5-17-25(19)29(39)34(28(17)38)21-7-8-24(35)32-26(21)36/h4-6,9-13,15,21,31H,7-8H2,1-3H3,(H,32,35,36)/t15-,21-/m0/s1. The van der Waals surface area contributed by atoms with E-state index in [-0.39, 0.29) is 29.9 Å². The molecular weight excluding hydrogens is 514 g/mol. The Morgan fingerprint density at radius 1 is 1.00 bits per heavy atom. The molecule has 1 aromatic heterocycles. The number of amides is 5. The number of nitrogens with one attached hydrogen (secondary N) is 2. The van der Waals surface area contributed by atoms with E-state index in [1.807, 2.05) is 25.1 Å². The second-order valence-corrected chi connectivity index (χ2v) is 10.0. The number of aromatic nitrogens is 1. The maximum absolute atomic E-state index is 13.6. The molecule has 202 valence electrons. The first kappa shape index (κ1) is 25.2. The summed E-state index contributed by atoms with van der Waals surface area (Å²) in [6.45, 7) is 3.56. The highest BCUT2D eigenvalue weighted by Crippen LogP contribution is 2.44. The topological polar surface area (TPSA) is 138 Å². The van der Waals surface area contributed by atoms with Gasteiger partial charge in [-0.2, -0.15) is 0 Å². The van der Waals surface area contributed by atoms with Gasteiger partial charge < -0.3 is 15.0 Å². The molecular formula is C29H25N5O6. The molecule has 11 heteroatoms. The SMILES string of the molecule is Cc1cc(-c2cc3c(cc2Nc2cccc4c2C(=O)N([C@H]2CCC(=O)NC2=O)C4=O)N(C)C(=O)[C@H](C)O3)ccn1. The number of pyridine rings is 1. The van der Waals surface area contributed by atoms with Crippen molar-refractivity contribution in [3.05, 3.63) is 65.5 Å². The number of fused-ring (bicyclic) bond motifs is 2. The summed E-state index contributed by atoms with van der Waals surface area (Å²) < 4.78 is 5.91. The molecule has 6 rings (SSSR count). The summed E-state index contributed by atoms with van der Waals surface area (Å²) in [4.78, 5) is 70.5. The first-order chi connectivity index (χ1) is 19.1. The van der Waals surface area contributed by atoms with E-state index in [1.54, 1.807) is 38.4 Å². The molecule has 0 radical (unpaired) electrons. The number of rotatable bonds is 4. The fraction of sp³-hybridized carbons (Fsp3) is 0.241. The van der Waals surface area contributed by atoms with Gasteiger partial charge in [-0.05, 0) is 62.2 Å². The number of anilines is 3. The number of aryl methyl sites for hydroxylation is 1. The molecule has 3 aliphatic heterocycles. The number of hydrogen-bond donors (Lipinski definition) is 2. The van der Waals surface area contributed by atoms with Crippen molar-refractivity contribution in [1.29, 1.82) is 0 Å². The van der Waals surface area contributed by atoms with Crippen LogP contribution in [-0.4, -0.2) is 58.6 Å². The average molecular weight is 540 g/mol. The van der Waals surface area contributed by atoms with Gasteiger partial charge in [-0.3, -0.25) is 39.2 Å². The normalized spacial score (nSPS) is 20.2. The van der Waals surface area contributed by atoms with Crippen LogP contribution in [0, 0.1) is 6.92 Å². The van der Waals surface area contributed by atoms with Gasteiger partial charge in [-0.1, -0.05) is 6.07 Å². The fourth-order valence-corrected chi connectivity index (χ4v) is 5.38. The van der Waals surface area contributed by atoms with E-state index >= 15 is 0 Å².